The van der Waals surface area contributed by atoms with E-state index in [1.807, 2.05) is 25.1 Å². The minimum Gasteiger partial charge on any atom is -0.396 e. The molecule has 134 valence electrons. The van der Waals surface area contributed by atoms with Crippen LogP contribution in [0.3, 0.4) is 0 Å². The molecule has 0 radical (unpaired) electrons. The molecule has 0 bridgehead atoms. The first kappa shape index (κ1) is 18.7. The molecule has 1 fully saturated rings. The second-order valence-electron chi connectivity index (χ2n) is 6.69. The van der Waals surface area contributed by atoms with Crippen molar-refractivity contribution in [3.63, 3.8) is 0 Å². The molecule has 6 heteroatoms. The molecule has 2 atom stereocenters. The predicted octanol–water partition coefficient (Wildman–Crippen LogP) is 1.41. The molecule has 1 aromatic heterocycles. The van der Waals surface area contributed by atoms with Gasteiger partial charge in [-0.15, -0.1) is 0 Å². The first-order valence-electron chi connectivity index (χ1n) is 8.95. The quantitative estimate of drug-likeness (QED) is 0.672. The number of nitrogens with zero attached hydrogens (tertiary/aromatic N) is 2. The van der Waals surface area contributed by atoms with E-state index in [1.165, 1.54) is 19.3 Å². The average Bonchev–Trinajstić information content (AvgIpc) is 2.60. The highest BCUT2D eigenvalue weighted by molar-refractivity contribution is 5.74. The number of likely N-dealkylation sites (tertiary alicyclic amines) is 1. The second-order valence-corrected chi connectivity index (χ2v) is 6.69. The Morgan fingerprint density at radius 3 is 2.79 bits per heavy atom. The van der Waals surface area contributed by atoms with E-state index in [0.29, 0.717) is 13.0 Å². The lowest BCUT2D eigenvalue weighted by atomic mass is 10.0. The number of piperidine rings is 1. The summed E-state index contributed by atoms with van der Waals surface area (Å²) in [4.78, 5) is 18.7. The summed E-state index contributed by atoms with van der Waals surface area (Å²) in [5.74, 6) is -0.0250. The molecule has 0 aliphatic carbocycles. The van der Waals surface area contributed by atoms with Gasteiger partial charge in [-0.3, -0.25) is 4.98 Å². The summed E-state index contributed by atoms with van der Waals surface area (Å²) in [6.45, 7) is 5.65. The number of rotatable bonds is 8. The van der Waals surface area contributed by atoms with Gasteiger partial charge in [0.25, 0.3) is 0 Å². The molecule has 0 saturated carbocycles. The maximum Gasteiger partial charge on any atom is 0.315 e. The highest BCUT2D eigenvalue weighted by Crippen LogP contribution is 2.09. The Hall–Kier alpha value is -1.66. The van der Waals surface area contributed by atoms with Crippen molar-refractivity contribution in [1.82, 2.24) is 20.5 Å². The first-order chi connectivity index (χ1) is 11.7. The van der Waals surface area contributed by atoms with Gasteiger partial charge in [0.15, 0.2) is 0 Å². The molecule has 6 nitrogen and oxygen atoms in total. The number of carbonyl (C=O) groups is 1. The maximum atomic E-state index is 12.0. The largest absolute Gasteiger partial charge is 0.396 e. The van der Waals surface area contributed by atoms with Gasteiger partial charge in [-0.2, -0.15) is 0 Å². The summed E-state index contributed by atoms with van der Waals surface area (Å²) in [5.41, 5.74) is 0.928. The standard InChI is InChI=1S/C18H30N4O2/c1-15(13-22-9-5-2-6-10-22)21-18(24)20-12-16(14-23)11-17-7-3-4-8-19-17/h3-4,7-8,15-16,23H,2,5-6,9-14H2,1H3,(H2,20,21,24). The van der Waals surface area contributed by atoms with Crippen LogP contribution in [0.25, 0.3) is 0 Å². The van der Waals surface area contributed by atoms with E-state index in [4.69, 9.17) is 0 Å². The zero-order chi connectivity index (χ0) is 17.2. The third kappa shape index (κ3) is 6.84. The van der Waals surface area contributed by atoms with Crippen molar-refractivity contribution in [3.8, 4) is 0 Å². The van der Waals surface area contributed by atoms with E-state index in [2.05, 4.69) is 20.5 Å². The molecular formula is C18H30N4O2. The number of carbonyl (C=O) groups excluding carboxylic acids is 1. The molecule has 2 heterocycles. The maximum absolute atomic E-state index is 12.0. The summed E-state index contributed by atoms with van der Waals surface area (Å²) in [6, 6.07) is 5.68. The van der Waals surface area contributed by atoms with Crippen molar-refractivity contribution in [1.29, 1.82) is 0 Å². The van der Waals surface area contributed by atoms with Crippen molar-refractivity contribution >= 4 is 6.03 Å². The van der Waals surface area contributed by atoms with Gasteiger partial charge in [0.1, 0.15) is 0 Å². The molecule has 1 aliphatic heterocycles. The molecule has 2 rings (SSSR count). The molecular weight excluding hydrogens is 304 g/mol. The number of urea groups is 1. The van der Waals surface area contributed by atoms with Crippen LogP contribution >= 0.6 is 0 Å². The summed E-state index contributed by atoms with van der Waals surface area (Å²) in [5, 5.41) is 15.3. The Kier molecular flexibility index (Phi) is 7.98. The lowest BCUT2D eigenvalue weighted by Gasteiger charge is -2.29. The SMILES string of the molecule is CC(CN1CCCCC1)NC(=O)NCC(CO)Cc1ccccn1. The Labute approximate surface area is 144 Å². The van der Waals surface area contributed by atoms with E-state index in [0.717, 1.165) is 25.3 Å². The van der Waals surface area contributed by atoms with Gasteiger partial charge >= 0.3 is 6.03 Å². The van der Waals surface area contributed by atoms with E-state index < -0.39 is 0 Å². The minimum absolute atomic E-state index is 0.0250. The fourth-order valence-electron chi connectivity index (χ4n) is 3.10. The van der Waals surface area contributed by atoms with Gasteiger partial charge in [-0.1, -0.05) is 12.5 Å². The van der Waals surface area contributed by atoms with E-state index in [1.54, 1.807) is 6.20 Å². The van der Waals surface area contributed by atoms with Gasteiger partial charge in [-0.25, -0.2) is 4.79 Å². The summed E-state index contributed by atoms with van der Waals surface area (Å²) in [6.07, 6.45) is 6.22. The molecule has 1 aliphatic rings. The van der Waals surface area contributed by atoms with Crippen molar-refractivity contribution in [2.45, 2.75) is 38.6 Å². The van der Waals surface area contributed by atoms with Crippen LogP contribution in [0.4, 0.5) is 4.79 Å². The summed E-state index contributed by atoms with van der Waals surface area (Å²) >= 11 is 0. The van der Waals surface area contributed by atoms with Crippen molar-refractivity contribution < 1.29 is 9.90 Å². The number of pyridine rings is 1. The Balaban J connectivity index is 1.66. The summed E-state index contributed by atoms with van der Waals surface area (Å²) < 4.78 is 0. The summed E-state index contributed by atoms with van der Waals surface area (Å²) in [7, 11) is 0. The lowest BCUT2D eigenvalue weighted by Crippen LogP contribution is -2.48. The normalized spacial score (nSPS) is 17.9. The molecule has 1 saturated heterocycles. The fourth-order valence-corrected chi connectivity index (χ4v) is 3.10. The Bertz CT molecular complexity index is 477. The van der Waals surface area contributed by atoms with E-state index in [-0.39, 0.29) is 24.6 Å². The second kappa shape index (κ2) is 10.3. The van der Waals surface area contributed by atoms with Crippen LogP contribution in [-0.2, 0) is 6.42 Å². The molecule has 3 N–H and O–H groups in total. The van der Waals surface area contributed by atoms with Crippen molar-refractivity contribution in [2.24, 2.45) is 5.92 Å². The van der Waals surface area contributed by atoms with Gasteiger partial charge in [0, 0.05) is 43.5 Å². The van der Waals surface area contributed by atoms with Gasteiger partial charge in [0.2, 0.25) is 0 Å². The minimum atomic E-state index is -0.168. The number of amides is 2. The highest BCUT2D eigenvalue weighted by Gasteiger charge is 2.16. The lowest BCUT2D eigenvalue weighted by molar-refractivity contribution is 0.198. The monoisotopic (exact) mass is 334 g/mol. The van der Waals surface area contributed by atoms with Crippen molar-refractivity contribution in [3.05, 3.63) is 30.1 Å². The number of nitrogens with one attached hydrogen (secondary N) is 2. The zero-order valence-corrected chi connectivity index (χ0v) is 14.6. The molecule has 24 heavy (non-hydrogen) atoms. The van der Waals surface area contributed by atoms with Crippen LogP contribution in [-0.4, -0.2) is 59.8 Å². The predicted molar refractivity (Wildman–Crippen MR) is 94.8 cm³/mol. The zero-order valence-electron chi connectivity index (χ0n) is 14.6. The van der Waals surface area contributed by atoms with Gasteiger partial charge in [-0.05, 0) is 51.4 Å². The van der Waals surface area contributed by atoms with Crippen LogP contribution < -0.4 is 10.6 Å². The molecule has 2 amide bonds. The fraction of sp³-hybridized carbons (Fsp3) is 0.667. The van der Waals surface area contributed by atoms with Crippen LogP contribution in [0.15, 0.2) is 24.4 Å². The first-order valence-corrected chi connectivity index (χ1v) is 8.95. The third-order valence-electron chi connectivity index (χ3n) is 4.39. The van der Waals surface area contributed by atoms with Crippen LogP contribution in [0.2, 0.25) is 0 Å². The topological polar surface area (TPSA) is 77.5 Å². The van der Waals surface area contributed by atoms with Crippen LogP contribution in [0, 0.1) is 5.92 Å². The number of hydrogen-bond donors (Lipinski definition) is 3. The molecule has 0 spiro atoms. The average molecular weight is 334 g/mol. The number of aliphatic hydroxyl groups is 1. The Morgan fingerprint density at radius 1 is 1.33 bits per heavy atom. The van der Waals surface area contributed by atoms with E-state index in [9.17, 15) is 9.90 Å². The molecule has 2 unspecified atom stereocenters. The molecule has 0 aromatic carbocycles. The van der Waals surface area contributed by atoms with Crippen LogP contribution in [0.1, 0.15) is 31.9 Å². The number of hydrogen-bond acceptors (Lipinski definition) is 4. The smallest absolute Gasteiger partial charge is 0.315 e. The number of aromatic nitrogens is 1. The number of aliphatic hydroxyl groups excluding tert-OH is 1. The van der Waals surface area contributed by atoms with Crippen molar-refractivity contribution in [2.75, 3.05) is 32.8 Å². The van der Waals surface area contributed by atoms with Gasteiger partial charge < -0.3 is 20.6 Å². The molecule has 1 aromatic rings. The highest BCUT2D eigenvalue weighted by atomic mass is 16.3. The van der Waals surface area contributed by atoms with E-state index >= 15 is 0 Å². The van der Waals surface area contributed by atoms with Crippen LogP contribution in [0.5, 0.6) is 0 Å². The Morgan fingerprint density at radius 2 is 2.12 bits per heavy atom. The van der Waals surface area contributed by atoms with Gasteiger partial charge in [0.05, 0.1) is 0 Å². The third-order valence-corrected chi connectivity index (χ3v) is 4.39.